The molecule has 7 nitrogen and oxygen atoms in total. The number of amides is 1. The molecule has 0 radical (unpaired) electrons. The fraction of sp³-hybridized carbons (Fsp3) is 0.429. The van der Waals surface area contributed by atoms with Crippen LogP contribution in [0.2, 0.25) is 10.0 Å². The number of anilines is 1. The van der Waals surface area contributed by atoms with Crippen LogP contribution in [0, 0.1) is 0 Å². The van der Waals surface area contributed by atoms with Crippen LogP contribution >= 0.6 is 23.2 Å². The van der Waals surface area contributed by atoms with Crippen molar-refractivity contribution in [2.45, 2.75) is 39.3 Å². The molecule has 0 bridgehead atoms. The molecular formula is C14H18Cl2N5O2+. The molecule has 1 aromatic carbocycles. The summed E-state index contributed by atoms with van der Waals surface area (Å²) in [6.45, 7) is 4.41. The average Bonchev–Trinajstić information content (AvgIpc) is 2.95. The highest BCUT2D eigenvalue weighted by Crippen LogP contribution is 2.28. The molecule has 1 unspecified atom stereocenters. The minimum absolute atomic E-state index is 0.198. The van der Waals surface area contributed by atoms with E-state index in [-0.39, 0.29) is 11.9 Å². The van der Waals surface area contributed by atoms with Crippen molar-refractivity contribution in [2.75, 3.05) is 5.32 Å². The van der Waals surface area contributed by atoms with Gasteiger partial charge in [0.2, 0.25) is 0 Å². The summed E-state index contributed by atoms with van der Waals surface area (Å²) < 4.78 is 5.53. The first-order chi connectivity index (χ1) is 11.0. The Morgan fingerprint density at radius 3 is 2.96 bits per heavy atom. The summed E-state index contributed by atoms with van der Waals surface area (Å²) in [6, 6.07) is 4.80. The largest absolute Gasteiger partial charge is 0.479 e. The van der Waals surface area contributed by atoms with Gasteiger partial charge >= 0.3 is 5.95 Å². The van der Waals surface area contributed by atoms with E-state index in [4.69, 9.17) is 27.9 Å². The smallest absolute Gasteiger partial charge is 0.407 e. The van der Waals surface area contributed by atoms with Gasteiger partial charge in [-0.3, -0.25) is 10.1 Å². The van der Waals surface area contributed by atoms with Gasteiger partial charge in [-0.15, -0.1) is 0 Å². The van der Waals surface area contributed by atoms with Crippen LogP contribution in [-0.2, 0) is 11.3 Å². The summed E-state index contributed by atoms with van der Waals surface area (Å²) >= 11 is 11.8. The maximum absolute atomic E-state index is 12.1. The van der Waals surface area contributed by atoms with Crippen molar-refractivity contribution in [3.05, 3.63) is 28.2 Å². The van der Waals surface area contributed by atoms with Gasteiger partial charge in [-0.05, 0) is 36.8 Å². The fourth-order valence-corrected chi connectivity index (χ4v) is 2.20. The molecule has 0 saturated heterocycles. The molecule has 2 N–H and O–H groups in total. The number of aryl methyl sites for hydroxylation is 1. The van der Waals surface area contributed by atoms with E-state index >= 15 is 0 Å². The molecule has 1 heterocycles. The molecule has 23 heavy (non-hydrogen) atoms. The maximum Gasteiger partial charge on any atom is 0.407 e. The van der Waals surface area contributed by atoms with Crippen LogP contribution in [0.4, 0.5) is 5.95 Å². The highest BCUT2D eigenvalue weighted by atomic mass is 35.5. The number of hydrogen-bond donors (Lipinski definition) is 2. The average molecular weight is 359 g/mol. The molecule has 1 amide bonds. The number of carbonyl (C=O) groups excluding carboxylic acids is 1. The van der Waals surface area contributed by atoms with E-state index in [2.05, 4.69) is 27.7 Å². The third-order valence-electron chi connectivity index (χ3n) is 3.01. The van der Waals surface area contributed by atoms with Gasteiger partial charge in [-0.25, -0.2) is 0 Å². The molecule has 0 aliphatic carbocycles. The van der Waals surface area contributed by atoms with Gasteiger partial charge < -0.3 is 4.74 Å². The number of rotatable bonds is 7. The Morgan fingerprint density at radius 2 is 2.26 bits per heavy atom. The zero-order chi connectivity index (χ0) is 16.8. The van der Waals surface area contributed by atoms with Crippen molar-refractivity contribution in [1.29, 1.82) is 0 Å². The standard InChI is InChI=1S/C14H17Cl2N5O2/c1-3-4-7-21-19-14(18-20-21)17-13(22)9(2)23-12-6-5-10(15)8-11(12)16/h5-6,8-9H,3-4,7H2,1-2H3,(H,17,19,22)/p+1. The third-order valence-corrected chi connectivity index (χ3v) is 3.54. The van der Waals surface area contributed by atoms with Crippen LogP contribution in [0.1, 0.15) is 26.7 Å². The van der Waals surface area contributed by atoms with Crippen molar-refractivity contribution in [3.63, 3.8) is 0 Å². The SMILES string of the molecule is CCCC[n+]1nc(NC(=O)C(C)Oc2ccc(Cl)cc2Cl)n[nH]1. The van der Waals surface area contributed by atoms with E-state index < -0.39 is 6.10 Å². The molecule has 124 valence electrons. The summed E-state index contributed by atoms with van der Waals surface area (Å²) in [5.74, 6) is 0.202. The second kappa shape index (κ2) is 8.12. The number of carbonyl (C=O) groups is 1. The van der Waals surface area contributed by atoms with E-state index in [1.165, 1.54) is 0 Å². The predicted molar refractivity (Wildman–Crippen MR) is 86.7 cm³/mol. The van der Waals surface area contributed by atoms with Crippen molar-refractivity contribution in [1.82, 2.24) is 15.4 Å². The predicted octanol–water partition coefficient (Wildman–Crippen LogP) is 2.61. The van der Waals surface area contributed by atoms with Crippen molar-refractivity contribution >= 4 is 35.1 Å². The molecule has 1 aromatic heterocycles. The van der Waals surface area contributed by atoms with Gasteiger partial charge in [0.1, 0.15) is 12.3 Å². The number of hydrogen-bond acceptors (Lipinski definition) is 4. The molecule has 9 heteroatoms. The third kappa shape index (κ3) is 5.07. The van der Waals surface area contributed by atoms with Crippen LogP contribution in [0.3, 0.4) is 0 Å². The van der Waals surface area contributed by atoms with Crippen molar-refractivity contribution in [2.24, 2.45) is 0 Å². The fourth-order valence-electron chi connectivity index (χ4n) is 1.75. The summed E-state index contributed by atoms with van der Waals surface area (Å²) in [5, 5.41) is 14.2. The van der Waals surface area contributed by atoms with Crippen LogP contribution < -0.4 is 14.9 Å². The summed E-state index contributed by atoms with van der Waals surface area (Å²) in [5.41, 5.74) is 0. The lowest BCUT2D eigenvalue weighted by Crippen LogP contribution is -2.39. The summed E-state index contributed by atoms with van der Waals surface area (Å²) in [6.07, 6.45) is 1.25. The summed E-state index contributed by atoms with van der Waals surface area (Å²) in [7, 11) is 0. The van der Waals surface area contributed by atoms with Crippen LogP contribution in [-0.4, -0.2) is 27.4 Å². The van der Waals surface area contributed by atoms with Gasteiger partial charge in [0.25, 0.3) is 5.91 Å². The lowest BCUT2D eigenvalue weighted by molar-refractivity contribution is -0.805. The molecule has 0 fully saturated rings. The van der Waals surface area contributed by atoms with E-state index in [9.17, 15) is 4.79 Å². The topological polar surface area (TPSA) is 83.8 Å². The normalized spacial score (nSPS) is 12.0. The Balaban J connectivity index is 1.93. The summed E-state index contributed by atoms with van der Waals surface area (Å²) in [4.78, 5) is 13.7. The minimum atomic E-state index is -0.767. The van der Waals surface area contributed by atoms with Gasteiger partial charge in [0.05, 0.1) is 10.1 Å². The van der Waals surface area contributed by atoms with Crippen molar-refractivity contribution < 1.29 is 14.3 Å². The Morgan fingerprint density at radius 1 is 1.48 bits per heavy atom. The number of nitrogens with one attached hydrogen (secondary N) is 2. The van der Waals surface area contributed by atoms with Gasteiger partial charge in [-0.2, -0.15) is 0 Å². The molecule has 0 aliphatic rings. The highest BCUT2D eigenvalue weighted by molar-refractivity contribution is 6.35. The van der Waals surface area contributed by atoms with Gasteiger partial charge in [0.15, 0.2) is 6.10 Å². The Labute approximate surface area is 143 Å². The zero-order valence-corrected chi connectivity index (χ0v) is 14.4. The van der Waals surface area contributed by atoms with Crippen LogP contribution in [0.5, 0.6) is 5.75 Å². The first-order valence-electron chi connectivity index (χ1n) is 7.24. The number of H-pyrrole nitrogens is 1. The molecule has 0 saturated carbocycles. The van der Waals surface area contributed by atoms with Gasteiger partial charge in [0, 0.05) is 10.1 Å². The number of tetrazole rings is 1. The molecular weight excluding hydrogens is 341 g/mol. The monoisotopic (exact) mass is 358 g/mol. The minimum Gasteiger partial charge on any atom is -0.479 e. The van der Waals surface area contributed by atoms with E-state index in [0.29, 0.717) is 22.3 Å². The maximum atomic E-state index is 12.1. The van der Waals surface area contributed by atoms with Crippen LogP contribution in [0.25, 0.3) is 0 Å². The number of aromatic amines is 1. The molecule has 1 atom stereocenters. The lowest BCUT2D eigenvalue weighted by Gasteiger charge is -2.13. The van der Waals surface area contributed by atoms with Crippen LogP contribution in [0.15, 0.2) is 18.2 Å². The van der Waals surface area contributed by atoms with E-state index in [0.717, 1.165) is 12.8 Å². The zero-order valence-electron chi connectivity index (χ0n) is 12.8. The molecule has 0 spiro atoms. The van der Waals surface area contributed by atoms with E-state index in [1.807, 2.05) is 0 Å². The molecule has 2 aromatic rings. The van der Waals surface area contributed by atoms with Gasteiger partial charge in [-0.1, -0.05) is 41.3 Å². The number of aromatic nitrogens is 4. The molecule has 0 aliphatic heterocycles. The Bertz CT molecular complexity index is 677. The Hall–Kier alpha value is -1.86. The second-order valence-corrected chi connectivity index (χ2v) is 5.78. The molecule has 2 rings (SSSR count). The highest BCUT2D eigenvalue weighted by Gasteiger charge is 2.21. The van der Waals surface area contributed by atoms with Crippen molar-refractivity contribution in [3.8, 4) is 5.75 Å². The first kappa shape index (κ1) is 17.5. The number of nitrogens with zero attached hydrogens (tertiary/aromatic N) is 3. The number of ether oxygens (including phenoxy) is 1. The van der Waals surface area contributed by atoms with E-state index in [1.54, 1.807) is 29.9 Å². The Kier molecular flexibility index (Phi) is 6.18. The lowest BCUT2D eigenvalue weighted by atomic mass is 10.3. The second-order valence-electron chi connectivity index (χ2n) is 4.94. The number of halogens is 2. The number of unbranched alkanes of at least 4 members (excludes halogenated alkanes) is 1. The number of benzene rings is 1. The first-order valence-corrected chi connectivity index (χ1v) is 8.00. The quantitative estimate of drug-likeness (QED) is 0.745.